The summed E-state index contributed by atoms with van der Waals surface area (Å²) in [5.74, 6) is 0. The predicted molar refractivity (Wildman–Crippen MR) is 83.9 cm³/mol. The Labute approximate surface area is 123 Å². The van der Waals surface area contributed by atoms with Crippen LogP contribution in [0.3, 0.4) is 0 Å². The minimum Gasteiger partial charge on any atom is -0.329 e. The number of hydrogen-bond donors (Lipinski definition) is 1. The molecule has 1 aliphatic heterocycles. The zero-order chi connectivity index (χ0) is 13.2. The second-order valence-corrected chi connectivity index (χ2v) is 6.71. The van der Waals surface area contributed by atoms with Crippen LogP contribution in [0.5, 0.6) is 0 Å². The summed E-state index contributed by atoms with van der Waals surface area (Å²) in [4.78, 5) is 3.78. The van der Waals surface area contributed by atoms with E-state index in [0.29, 0.717) is 6.04 Å². The molecule has 102 valence electrons. The lowest BCUT2D eigenvalue weighted by Gasteiger charge is -2.34. The standard InChI is InChI=1S/C15H19ClN2S/c16-15-12-6-1-2-7-13(12)19-14(15)10-18-8-4-3-5-11(18)9-17/h1-2,6-7,11H,3-5,8-10,17H2. The van der Waals surface area contributed by atoms with E-state index in [-0.39, 0.29) is 0 Å². The van der Waals surface area contributed by atoms with E-state index in [1.165, 1.54) is 34.2 Å². The first-order valence-corrected chi connectivity index (χ1v) is 8.09. The Morgan fingerprint density at radius 3 is 2.95 bits per heavy atom. The summed E-state index contributed by atoms with van der Waals surface area (Å²) < 4.78 is 1.28. The molecule has 1 aromatic carbocycles. The summed E-state index contributed by atoms with van der Waals surface area (Å²) in [6.07, 6.45) is 3.80. The molecule has 1 atom stereocenters. The summed E-state index contributed by atoms with van der Waals surface area (Å²) in [5, 5.41) is 2.12. The van der Waals surface area contributed by atoms with Crippen LogP contribution in [-0.2, 0) is 6.54 Å². The molecule has 0 spiro atoms. The molecule has 1 fully saturated rings. The number of rotatable bonds is 3. The molecule has 0 amide bonds. The maximum Gasteiger partial charge on any atom is 0.0637 e. The molecule has 1 aromatic heterocycles. The van der Waals surface area contributed by atoms with Gasteiger partial charge in [-0.1, -0.05) is 36.2 Å². The lowest BCUT2D eigenvalue weighted by Crippen LogP contribution is -2.43. The zero-order valence-corrected chi connectivity index (χ0v) is 12.5. The monoisotopic (exact) mass is 294 g/mol. The number of benzene rings is 1. The number of thiophene rings is 1. The molecule has 1 unspecified atom stereocenters. The van der Waals surface area contributed by atoms with Gasteiger partial charge in [-0.05, 0) is 25.5 Å². The average molecular weight is 295 g/mol. The zero-order valence-electron chi connectivity index (χ0n) is 10.9. The van der Waals surface area contributed by atoms with Crippen LogP contribution >= 0.6 is 22.9 Å². The number of likely N-dealkylation sites (tertiary alicyclic amines) is 1. The SMILES string of the molecule is NCC1CCCCN1Cc1sc2ccccc2c1Cl. The summed E-state index contributed by atoms with van der Waals surface area (Å²) >= 11 is 8.34. The Morgan fingerprint density at radius 2 is 2.16 bits per heavy atom. The quantitative estimate of drug-likeness (QED) is 0.931. The van der Waals surface area contributed by atoms with Crippen molar-refractivity contribution < 1.29 is 0 Å². The van der Waals surface area contributed by atoms with E-state index in [2.05, 4.69) is 23.1 Å². The second kappa shape index (κ2) is 5.80. The van der Waals surface area contributed by atoms with Gasteiger partial charge in [0.05, 0.1) is 5.02 Å². The highest BCUT2D eigenvalue weighted by Crippen LogP contribution is 2.36. The summed E-state index contributed by atoms with van der Waals surface area (Å²) in [7, 11) is 0. The van der Waals surface area contributed by atoms with Crippen molar-refractivity contribution in [2.75, 3.05) is 13.1 Å². The van der Waals surface area contributed by atoms with Gasteiger partial charge >= 0.3 is 0 Å². The van der Waals surface area contributed by atoms with Gasteiger partial charge in [-0.3, -0.25) is 4.90 Å². The molecule has 2 heterocycles. The largest absolute Gasteiger partial charge is 0.329 e. The molecule has 1 saturated heterocycles. The molecule has 19 heavy (non-hydrogen) atoms. The van der Waals surface area contributed by atoms with E-state index in [1.54, 1.807) is 0 Å². The van der Waals surface area contributed by atoms with E-state index in [9.17, 15) is 0 Å². The number of nitrogens with two attached hydrogens (primary N) is 1. The average Bonchev–Trinajstić information content (AvgIpc) is 2.77. The molecule has 2 N–H and O–H groups in total. The number of hydrogen-bond acceptors (Lipinski definition) is 3. The first-order chi connectivity index (χ1) is 9.29. The van der Waals surface area contributed by atoms with Crippen LogP contribution in [0.25, 0.3) is 10.1 Å². The third-order valence-corrected chi connectivity index (χ3v) is 5.67. The van der Waals surface area contributed by atoms with Crippen LogP contribution in [-0.4, -0.2) is 24.0 Å². The number of halogens is 1. The fourth-order valence-electron chi connectivity index (χ4n) is 2.89. The van der Waals surface area contributed by atoms with Crippen LogP contribution in [0, 0.1) is 0 Å². The Hall–Kier alpha value is -0.610. The normalized spacial score (nSPS) is 21.1. The van der Waals surface area contributed by atoms with Crippen LogP contribution in [0.15, 0.2) is 24.3 Å². The Kier molecular flexibility index (Phi) is 4.08. The highest BCUT2D eigenvalue weighted by atomic mass is 35.5. The first-order valence-electron chi connectivity index (χ1n) is 6.89. The first kappa shape index (κ1) is 13.4. The molecule has 0 bridgehead atoms. The minimum atomic E-state index is 0.523. The van der Waals surface area contributed by atoms with Gasteiger partial charge in [0, 0.05) is 34.1 Å². The van der Waals surface area contributed by atoms with E-state index in [4.69, 9.17) is 17.3 Å². The Morgan fingerprint density at radius 1 is 1.32 bits per heavy atom. The molecule has 1 aliphatic rings. The smallest absolute Gasteiger partial charge is 0.0637 e. The van der Waals surface area contributed by atoms with Crippen LogP contribution in [0.2, 0.25) is 5.02 Å². The third-order valence-electron chi connectivity index (χ3n) is 3.97. The summed E-state index contributed by atoms with van der Waals surface area (Å²) in [6.45, 7) is 2.84. The van der Waals surface area contributed by atoms with Gasteiger partial charge in [-0.25, -0.2) is 0 Å². The number of fused-ring (bicyclic) bond motifs is 1. The maximum atomic E-state index is 6.52. The topological polar surface area (TPSA) is 29.3 Å². The maximum absolute atomic E-state index is 6.52. The molecular weight excluding hydrogens is 276 g/mol. The van der Waals surface area contributed by atoms with Crippen LogP contribution in [0.1, 0.15) is 24.1 Å². The predicted octanol–water partition coefficient (Wildman–Crippen LogP) is 3.87. The van der Waals surface area contributed by atoms with Crippen molar-refractivity contribution in [2.24, 2.45) is 5.73 Å². The van der Waals surface area contributed by atoms with Gasteiger partial charge < -0.3 is 5.73 Å². The molecule has 0 radical (unpaired) electrons. The van der Waals surface area contributed by atoms with Crippen molar-refractivity contribution in [2.45, 2.75) is 31.8 Å². The van der Waals surface area contributed by atoms with Crippen molar-refractivity contribution in [1.29, 1.82) is 0 Å². The molecule has 2 nitrogen and oxygen atoms in total. The van der Waals surface area contributed by atoms with Crippen molar-refractivity contribution >= 4 is 33.0 Å². The van der Waals surface area contributed by atoms with E-state index < -0.39 is 0 Å². The van der Waals surface area contributed by atoms with Crippen LogP contribution in [0.4, 0.5) is 0 Å². The highest BCUT2D eigenvalue weighted by molar-refractivity contribution is 7.19. The summed E-state index contributed by atoms with van der Waals surface area (Å²) in [5.41, 5.74) is 5.89. The third kappa shape index (κ3) is 2.65. The van der Waals surface area contributed by atoms with Gasteiger partial charge in [0.1, 0.15) is 0 Å². The lowest BCUT2D eigenvalue weighted by molar-refractivity contribution is 0.146. The fourth-order valence-corrected chi connectivity index (χ4v) is 4.40. The minimum absolute atomic E-state index is 0.523. The van der Waals surface area contributed by atoms with Crippen molar-refractivity contribution in [3.05, 3.63) is 34.2 Å². The van der Waals surface area contributed by atoms with Crippen LogP contribution < -0.4 is 5.73 Å². The van der Waals surface area contributed by atoms with E-state index in [0.717, 1.165) is 24.7 Å². The van der Waals surface area contributed by atoms with Crippen molar-refractivity contribution in [1.82, 2.24) is 4.90 Å². The van der Waals surface area contributed by atoms with E-state index in [1.807, 2.05) is 17.4 Å². The second-order valence-electron chi connectivity index (χ2n) is 5.19. The van der Waals surface area contributed by atoms with Crippen molar-refractivity contribution in [3.8, 4) is 0 Å². The molecule has 0 aliphatic carbocycles. The summed E-state index contributed by atoms with van der Waals surface area (Å²) in [6, 6.07) is 8.90. The Balaban J connectivity index is 1.86. The lowest BCUT2D eigenvalue weighted by atomic mass is 10.0. The van der Waals surface area contributed by atoms with Gasteiger partial charge in [0.25, 0.3) is 0 Å². The molecule has 0 saturated carbocycles. The van der Waals surface area contributed by atoms with E-state index >= 15 is 0 Å². The molecular formula is C15H19ClN2S. The van der Waals surface area contributed by atoms with Crippen molar-refractivity contribution in [3.63, 3.8) is 0 Å². The fraction of sp³-hybridized carbons (Fsp3) is 0.467. The molecule has 2 aromatic rings. The molecule has 4 heteroatoms. The number of nitrogens with zero attached hydrogens (tertiary/aromatic N) is 1. The number of piperidine rings is 1. The van der Waals surface area contributed by atoms with Gasteiger partial charge in [-0.2, -0.15) is 0 Å². The van der Waals surface area contributed by atoms with Gasteiger partial charge in [0.2, 0.25) is 0 Å². The highest BCUT2D eigenvalue weighted by Gasteiger charge is 2.23. The Bertz CT molecular complexity index is 566. The van der Waals surface area contributed by atoms with Gasteiger partial charge in [0.15, 0.2) is 0 Å². The molecule has 3 rings (SSSR count). The van der Waals surface area contributed by atoms with Gasteiger partial charge in [-0.15, -0.1) is 11.3 Å².